The summed E-state index contributed by atoms with van der Waals surface area (Å²) < 4.78 is 6.45. The maximum atomic E-state index is 5.25. The van der Waals surface area contributed by atoms with E-state index in [1.54, 1.807) is 24.0 Å². The molecule has 1 aliphatic carbocycles. The molecule has 120 valence electrons. The lowest BCUT2D eigenvalue weighted by atomic mass is 9.97. The summed E-state index contributed by atoms with van der Waals surface area (Å²) in [7, 11) is 1.70. The molecule has 0 aliphatic heterocycles. The molecule has 0 unspecified atom stereocenters. The average molecular weight is 339 g/mol. The number of ether oxygens (including phenoxy) is 1. The lowest BCUT2D eigenvalue weighted by molar-refractivity contribution is 0.415. The standard InChI is InChI=1S/C17H22N2OS.ClH/c1-20-14-7-8-15-16(11-14)21-17(19-15)12-18-10-9-13-5-3-2-4-6-13;/h5,7-8,11,18H,2-4,6,9-10,12H2,1H3;1H. The molecule has 1 N–H and O–H groups in total. The predicted molar refractivity (Wildman–Crippen MR) is 96.3 cm³/mol. The SMILES string of the molecule is COc1ccc2nc(CNCCC3=CCCCC3)sc2c1.Cl. The van der Waals surface area contributed by atoms with Gasteiger partial charge in [0.1, 0.15) is 10.8 Å². The van der Waals surface area contributed by atoms with Crippen LogP contribution in [0.15, 0.2) is 29.8 Å². The van der Waals surface area contributed by atoms with Crippen LogP contribution in [0.1, 0.15) is 37.1 Å². The molecule has 1 heterocycles. The zero-order valence-electron chi connectivity index (χ0n) is 12.9. The van der Waals surface area contributed by atoms with E-state index < -0.39 is 0 Å². The van der Waals surface area contributed by atoms with Gasteiger partial charge in [-0.15, -0.1) is 23.7 Å². The quantitative estimate of drug-likeness (QED) is 0.612. The molecule has 22 heavy (non-hydrogen) atoms. The van der Waals surface area contributed by atoms with E-state index in [9.17, 15) is 0 Å². The summed E-state index contributed by atoms with van der Waals surface area (Å²) in [6.45, 7) is 1.90. The largest absolute Gasteiger partial charge is 0.497 e. The lowest BCUT2D eigenvalue weighted by Crippen LogP contribution is -2.15. The maximum Gasteiger partial charge on any atom is 0.120 e. The number of hydrogen-bond donors (Lipinski definition) is 1. The first-order chi connectivity index (χ1) is 10.3. The van der Waals surface area contributed by atoms with Crippen molar-refractivity contribution in [3.05, 3.63) is 34.9 Å². The Hall–Kier alpha value is -1.10. The zero-order valence-corrected chi connectivity index (χ0v) is 14.6. The molecule has 0 amide bonds. The molecule has 5 heteroatoms. The van der Waals surface area contributed by atoms with Crippen LogP contribution in [0, 0.1) is 0 Å². The minimum atomic E-state index is 0. The molecule has 0 atom stereocenters. The first-order valence-electron chi connectivity index (χ1n) is 7.67. The van der Waals surface area contributed by atoms with Crippen molar-refractivity contribution >= 4 is 34.0 Å². The predicted octanol–water partition coefficient (Wildman–Crippen LogP) is 4.71. The monoisotopic (exact) mass is 338 g/mol. The smallest absolute Gasteiger partial charge is 0.120 e. The Labute approximate surface area is 142 Å². The van der Waals surface area contributed by atoms with Crippen LogP contribution in [0.5, 0.6) is 5.75 Å². The zero-order chi connectivity index (χ0) is 14.5. The molecular formula is C17H23ClN2OS. The third kappa shape index (κ3) is 4.45. The minimum Gasteiger partial charge on any atom is -0.497 e. The summed E-state index contributed by atoms with van der Waals surface area (Å²) >= 11 is 1.74. The van der Waals surface area contributed by atoms with Gasteiger partial charge >= 0.3 is 0 Å². The minimum absolute atomic E-state index is 0. The van der Waals surface area contributed by atoms with Crippen molar-refractivity contribution in [2.45, 2.75) is 38.6 Å². The van der Waals surface area contributed by atoms with E-state index in [0.717, 1.165) is 29.4 Å². The number of benzene rings is 1. The van der Waals surface area contributed by atoms with Crippen molar-refractivity contribution in [1.29, 1.82) is 0 Å². The average Bonchev–Trinajstić information content (AvgIpc) is 2.94. The normalized spacial score (nSPS) is 14.5. The molecule has 0 radical (unpaired) electrons. The molecule has 1 aromatic heterocycles. The number of nitrogens with one attached hydrogen (secondary N) is 1. The molecule has 0 bridgehead atoms. The first kappa shape index (κ1) is 17.3. The Morgan fingerprint density at radius 3 is 3.00 bits per heavy atom. The van der Waals surface area contributed by atoms with Crippen molar-refractivity contribution in [3.63, 3.8) is 0 Å². The Kier molecular flexibility index (Phi) is 6.68. The van der Waals surface area contributed by atoms with E-state index in [1.807, 2.05) is 12.1 Å². The van der Waals surface area contributed by atoms with Gasteiger partial charge < -0.3 is 10.1 Å². The number of rotatable bonds is 6. The summed E-state index contributed by atoms with van der Waals surface area (Å²) in [5.74, 6) is 0.898. The van der Waals surface area contributed by atoms with Gasteiger partial charge in [-0.3, -0.25) is 0 Å². The highest BCUT2D eigenvalue weighted by molar-refractivity contribution is 7.18. The van der Waals surface area contributed by atoms with Crippen molar-refractivity contribution in [1.82, 2.24) is 10.3 Å². The van der Waals surface area contributed by atoms with Crippen LogP contribution in [0.4, 0.5) is 0 Å². The van der Waals surface area contributed by atoms with Crippen LogP contribution < -0.4 is 10.1 Å². The van der Waals surface area contributed by atoms with Crippen molar-refractivity contribution < 1.29 is 4.74 Å². The van der Waals surface area contributed by atoms with E-state index in [1.165, 1.54) is 36.8 Å². The highest BCUT2D eigenvalue weighted by Crippen LogP contribution is 2.26. The van der Waals surface area contributed by atoms with Gasteiger partial charge in [0.05, 0.1) is 17.3 Å². The Balaban J connectivity index is 0.00000176. The van der Waals surface area contributed by atoms with Crippen molar-refractivity contribution in [2.24, 2.45) is 0 Å². The van der Waals surface area contributed by atoms with Crippen molar-refractivity contribution in [3.8, 4) is 5.75 Å². The second-order valence-electron chi connectivity index (χ2n) is 5.48. The van der Waals surface area contributed by atoms with Gasteiger partial charge in [-0.2, -0.15) is 0 Å². The Morgan fingerprint density at radius 2 is 2.23 bits per heavy atom. The highest BCUT2D eigenvalue weighted by Gasteiger charge is 2.06. The number of hydrogen-bond acceptors (Lipinski definition) is 4. The fourth-order valence-electron chi connectivity index (χ4n) is 2.73. The molecule has 2 aromatic rings. The van der Waals surface area contributed by atoms with E-state index in [0.29, 0.717) is 0 Å². The summed E-state index contributed by atoms with van der Waals surface area (Å²) in [6, 6.07) is 6.05. The van der Waals surface area contributed by atoms with Crippen LogP contribution in [0.3, 0.4) is 0 Å². The van der Waals surface area contributed by atoms with E-state index in [2.05, 4.69) is 22.4 Å². The maximum absolute atomic E-state index is 5.25. The molecule has 0 saturated heterocycles. The lowest BCUT2D eigenvalue weighted by Gasteiger charge is -2.12. The van der Waals surface area contributed by atoms with Gasteiger partial charge in [0.15, 0.2) is 0 Å². The third-order valence-corrected chi connectivity index (χ3v) is 4.94. The molecule has 1 aromatic carbocycles. The molecular weight excluding hydrogens is 316 g/mol. The topological polar surface area (TPSA) is 34.1 Å². The van der Waals surface area contributed by atoms with Crippen LogP contribution in [0.25, 0.3) is 10.2 Å². The molecule has 0 saturated carbocycles. The van der Waals surface area contributed by atoms with E-state index >= 15 is 0 Å². The molecule has 0 fully saturated rings. The van der Waals surface area contributed by atoms with Crippen LogP contribution in [-0.4, -0.2) is 18.6 Å². The summed E-state index contributed by atoms with van der Waals surface area (Å²) in [6.07, 6.45) is 8.91. The van der Waals surface area contributed by atoms with Crippen molar-refractivity contribution in [2.75, 3.05) is 13.7 Å². The molecule has 1 aliphatic rings. The first-order valence-corrected chi connectivity index (χ1v) is 8.49. The Morgan fingerprint density at radius 1 is 1.32 bits per heavy atom. The summed E-state index contributed by atoms with van der Waals surface area (Å²) in [4.78, 5) is 4.66. The van der Waals surface area contributed by atoms with Gasteiger partial charge in [-0.1, -0.05) is 11.6 Å². The number of nitrogens with zero attached hydrogens (tertiary/aromatic N) is 1. The highest BCUT2D eigenvalue weighted by atomic mass is 35.5. The number of halogens is 1. The number of methoxy groups -OCH3 is 1. The number of aromatic nitrogens is 1. The summed E-state index contributed by atoms with van der Waals surface area (Å²) in [5, 5.41) is 4.66. The fraction of sp³-hybridized carbons (Fsp3) is 0.471. The van der Waals surface area contributed by atoms with Crippen LogP contribution >= 0.6 is 23.7 Å². The van der Waals surface area contributed by atoms with Crippen LogP contribution in [0.2, 0.25) is 0 Å². The van der Waals surface area contributed by atoms with Gasteiger partial charge in [0.25, 0.3) is 0 Å². The second-order valence-corrected chi connectivity index (χ2v) is 6.59. The molecule has 3 nitrogen and oxygen atoms in total. The van der Waals surface area contributed by atoms with E-state index in [-0.39, 0.29) is 12.4 Å². The van der Waals surface area contributed by atoms with Gasteiger partial charge in [-0.25, -0.2) is 4.98 Å². The van der Waals surface area contributed by atoms with Gasteiger partial charge in [0, 0.05) is 6.54 Å². The Bertz CT molecular complexity index is 639. The fourth-order valence-corrected chi connectivity index (χ4v) is 3.70. The summed E-state index contributed by atoms with van der Waals surface area (Å²) in [5.41, 5.74) is 2.69. The molecule has 0 spiro atoms. The number of fused-ring (bicyclic) bond motifs is 1. The third-order valence-electron chi connectivity index (χ3n) is 3.92. The molecule has 3 rings (SSSR count). The van der Waals surface area contributed by atoms with Crippen LogP contribution in [-0.2, 0) is 6.54 Å². The number of allylic oxidation sites excluding steroid dienone is 1. The van der Waals surface area contributed by atoms with Gasteiger partial charge in [-0.05, 0) is 56.8 Å². The number of thiazole rings is 1. The van der Waals surface area contributed by atoms with Gasteiger partial charge in [0.2, 0.25) is 0 Å². The van der Waals surface area contributed by atoms with E-state index in [4.69, 9.17) is 4.74 Å². The second kappa shape index (κ2) is 8.51.